The molecule has 164 valence electrons. The number of aryl methyl sites for hydroxylation is 1. The molecule has 3 aromatic carbocycles. The van der Waals surface area contributed by atoms with Gasteiger partial charge in [0.1, 0.15) is 5.82 Å². The van der Waals surface area contributed by atoms with Crippen molar-refractivity contribution in [2.75, 3.05) is 6.54 Å². The van der Waals surface area contributed by atoms with Crippen LogP contribution in [0.15, 0.2) is 72.8 Å². The summed E-state index contributed by atoms with van der Waals surface area (Å²) in [6.45, 7) is 1.39. The molecule has 0 unspecified atom stereocenters. The molecule has 0 bridgehead atoms. The van der Waals surface area contributed by atoms with Crippen molar-refractivity contribution >= 4 is 40.1 Å². The Balaban J connectivity index is 1.32. The molecule has 0 radical (unpaired) electrons. The van der Waals surface area contributed by atoms with Crippen molar-refractivity contribution in [3.05, 3.63) is 99.8 Å². The van der Waals surface area contributed by atoms with Gasteiger partial charge in [0.05, 0.1) is 21.6 Å². The molecule has 4 aromatic rings. The summed E-state index contributed by atoms with van der Waals surface area (Å²) in [4.78, 5) is 17.1. The molecule has 4 nitrogen and oxygen atoms in total. The number of nitrogens with one attached hydrogen (secondary N) is 1. The van der Waals surface area contributed by atoms with E-state index in [1.54, 1.807) is 12.1 Å². The van der Waals surface area contributed by atoms with Crippen molar-refractivity contribution in [1.82, 2.24) is 14.9 Å². The molecule has 0 atom stereocenters. The third-order valence-corrected chi connectivity index (χ3v) is 6.05. The van der Waals surface area contributed by atoms with Crippen LogP contribution < -0.4 is 5.32 Å². The first-order chi connectivity index (χ1) is 15.6. The first kappa shape index (κ1) is 22.4. The number of amides is 1. The predicted molar refractivity (Wildman–Crippen MR) is 132 cm³/mol. The highest BCUT2D eigenvalue weighted by Crippen LogP contribution is 2.20. The third kappa shape index (κ3) is 5.50. The van der Waals surface area contributed by atoms with E-state index in [2.05, 4.69) is 34.1 Å². The molecule has 32 heavy (non-hydrogen) atoms. The van der Waals surface area contributed by atoms with E-state index in [0.717, 1.165) is 54.1 Å². The van der Waals surface area contributed by atoms with Gasteiger partial charge in [-0.2, -0.15) is 0 Å². The number of unbranched alkanes of at least 4 members (excludes halogenated alkanes) is 2. The Labute approximate surface area is 198 Å². The number of carbonyl (C=O) groups excluding carboxylic acids is 1. The summed E-state index contributed by atoms with van der Waals surface area (Å²) >= 11 is 12.1. The Hall–Kier alpha value is -2.82. The number of nitrogens with zero attached hydrogens (tertiary/aromatic N) is 2. The van der Waals surface area contributed by atoms with Crippen molar-refractivity contribution in [3.63, 3.8) is 0 Å². The zero-order chi connectivity index (χ0) is 22.3. The van der Waals surface area contributed by atoms with E-state index >= 15 is 0 Å². The number of aromatic nitrogens is 2. The summed E-state index contributed by atoms with van der Waals surface area (Å²) in [6.07, 6.45) is 3.81. The number of hydrogen-bond acceptors (Lipinski definition) is 2. The number of imidazole rings is 1. The summed E-state index contributed by atoms with van der Waals surface area (Å²) in [7, 11) is 0. The SMILES string of the molecule is O=C(NCCCCCc1nc2ccccc2n1Cc1ccc(Cl)cc1)c1ccccc1Cl. The fourth-order valence-corrected chi connectivity index (χ4v) is 4.14. The number of carbonyl (C=O) groups is 1. The first-order valence-corrected chi connectivity index (χ1v) is 11.6. The molecule has 0 aliphatic heterocycles. The highest BCUT2D eigenvalue weighted by molar-refractivity contribution is 6.33. The fraction of sp³-hybridized carbons (Fsp3) is 0.231. The molecule has 1 aromatic heterocycles. The lowest BCUT2D eigenvalue weighted by molar-refractivity contribution is 0.0953. The van der Waals surface area contributed by atoms with Gasteiger partial charge in [0.2, 0.25) is 0 Å². The largest absolute Gasteiger partial charge is 0.352 e. The van der Waals surface area contributed by atoms with E-state index in [1.165, 1.54) is 5.56 Å². The molecule has 6 heteroatoms. The van der Waals surface area contributed by atoms with Gasteiger partial charge in [0.15, 0.2) is 0 Å². The van der Waals surface area contributed by atoms with Crippen molar-refractivity contribution in [2.45, 2.75) is 32.2 Å². The van der Waals surface area contributed by atoms with E-state index in [4.69, 9.17) is 28.2 Å². The molecule has 0 fully saturated rings. The number of rotatable bonds is 9. The molecule has 0 aliphatic carbocycles. The average molecular weight is 466 g/mol. The predicted octanol–water partition coefficient (Wildman–Crippen LogP) is 6.53. The second-order valence-electron chi connectivity index (χ2n) is 7.78. The van der Waals surface area contributed by atoms with Crippen molar-refractivity contribution in [1.29, 1.82) is 0 Å². The van der Waals surface area contributed by atoms with E-state index < -0.39 is 0 Å². The van der Waals surface area contributed by atoms with Crippen LogP contribution >= 0.6 is 23.2 Å². The summed E-state index contributed by atoms with van der Waals surface area (Å²) in [5.74, 6) is 0.960. The van der Waals surface area contributed by atoms with E-state index in [1.807, 2.05) is 36.4 Å². The highest BCUT2D eigenvalue weighted by Gasteiger charge is 2.11. The minimum Gasteiger partial charge on any atom is -0.352 e. The maximum absolute atomic E-state index is 12.2. The quantitative estimate of drug-likeness (QED) is 0.285. The van der Waals surface area contributed by atoms with Gasteiger partial charge >= 0.3 is 0 Å². The van der Waals surface area contributed by atoms with Gasteiger partial charge in [-0.3, -0.25) is 4.79 Å². The molecule has 0 saturated carbocycles. The van der Waals surface area contributed by atoms with Gasteiger partial charge in [-0.1, -0.05) is 66.0 Å². The molecule has 0 spiro atoms. The lowest BCUT2D eigenvalue weighted by Crippen LogP contribution is -2.24. The van der Waals surface area contributed by atoms with Gasteiger partial charge in [-0.15, -0.1) is 0 Å². The van der Waals surface area contributed by atoms with Crippen LogP contribution in [0.4, 0.5) is 0 Å². The summed E-state index contributed by atoms with van der Waals surface area (Å²) in [5, 5.41) is 4.17. The maximum Gasteiger partial charge on any atom is 0.252 e. The third-order valence-electron chi connectivity index (χ3n) is 5.47. The zero-order valence-electron chi connectivity index (χ0n) is 17.7. The van der Waals surface area contributed by atoms with Crippen molar-refractivity contribution in [3.8, 4) is 0 Å². The van der Waals surface area contributed by atoms with E-state index in [9.17, 15) is 4.79 Å². The van der Waals surface area contributed by atoms with Gasteiger partial charge in [-0.05, 0) is 54.8 Å². The number of para-hydroxylation sites is 2. The van der Waals surface area contributed by atoms with E-state index in [0.29, 0.717) is 17.1 Å². The van der Waals surface area contributed by atoms with Gasteiger partial charge in [0, 0.05) is 24.5 Å². The number of halogens is 2. The minimum atomic E-state index is -0.125. The molecule has 1 N–H and O–H groups in total. The van der Waals surface area contributed by atoms with Crippen LogP contribution in [0.2, 0.25) is 10.0 Å². The monoisotopic (exact) mass is 465 g/mol. The van der Waals surface area contributed by atoms with Crippen LogP contribution in [0.5, 0.6) is 0 Å². The topological polar surface area (TPSA) is 46.9 Å². The molecule has 1 amide bonds. The maximum atomic E-state index is 12.2. The lowest BCUT2D eigenvalue weighted by Gasteiger charge is -2.10. The van der Waals surface area contributed by atoms with Crippen LogP contribution in [0.3, 0.4) is 0 Å². The van der Waals surface area contributed by atoms with Gasteiger partial charge in [-0.25, -0.2) is 4.98 Å². The second kappa shape index (κ2) is 10.7. The average Bonchev–Trinajstić information content (AvgIpc) is 3.15. The molecule has 4 rings (SSSR count). The Morgan fingerprint density at radius 1 is 0.875 bits per heavy atom. The van der Waals surface area contributed by atoms with Gasteiger partial charge in [0.25, 0.3) is 5.91 Å². The normalized spacial score (nSPS) is 11.1. The molecule has 0 saturated heterocycles. The van der Waals surface area contributed by atoms with E-state index in [-0.39, 0.29) is 5.91 Å². The fourth-order valence-electron chi connectivity index (χ4n) is 3.79. The zero-order valence-corrected chi connectivity index (χ0v) is 19.2. The molecular formula is C26H25Cl2N3O. The number of benzene rings is 3. The van der Waals surface area contributed by atoms with Crippen LogP contribution in [-0.2, 0) is 13.0 Å². The second-order valence-corrected chi connectivity index (χ2v) is 8.62. The Bertz CT molecular complexity index is 1200. The smallest absolute Gasteiger partial charge is 0.252 e. The standard InChI is InChI=1S/C26H25Cl2N3O/c27-20-15-13-19(14-16-20)18-31-24-11-6-5-10-23(24)30-25(31)12-2-1-7-17-29-26(32)21-8-3-4-9-22(21)28/h3-6,8-11,13-16H,1-2,7,12,17-18H2,(H,29,32). The number of fused-ring (bicyclic) bond motifs is 1. The van der Waals surface area contributed by atoms with Crippen LogP contribution in [0, 0.1) is 0 Å². The van der Waals surface area contributed by atoms with Gasteiger partial charge < -0.3 is 9.88 Å². The van der Waals surface area contributed by atoms with Crippen LogP contribution in [0.1, 0.15) is 41.0 Å². The molecular weight excluding hydrogens is 441 g/mol. The minimum absolute atomic E-state index is 0.125. The summed E-state index contributed by atoms with van der Waals surface area (Å²) in [6, 6.07) is 23.3. The van der Waals surface area contributed by atoms with Crippen molar-refractivity contribution in [2.24, 2.45) is 0 Å². The molecule has 0 aliphatic rings. The summed E-state index contributed by atoms with van der Waals surface area (Å²) in [5.41, 5.74) is 3.87. The first-order valence-electron chi connectivity index (χ1n) is 10.8. The lowest BCUT2D eigenvalue weighted by atomic mass is 10.1. The Morgan fingerprint density at radius 3 is 2.44 bits per heavy atom. The Morgan fingerprint density at radius 2 is 1.62 bits per heavy atom. The van der Waals surface area contributed by atoms with Crippen molar-refractivity contribution < 1.29 is 4.79 Å². The molecule has 1 heterocycles. The van der Waals surface area contributed by atoms with Crippen LogP contribution in [0.25, 0.3) is 11.0 Å². The Kier molecular flexibility index (Phi) is 7.46. The summed E-state index contributed by atoms with van der Waals surface area (Å²) < 4.78 is 2.29. The highest BCUT2D eigenvalue weighted by atomic mass is 35.5. The van der Waals surface area contributed by atoms with Crippen LogP contribution in [-0.4, -0.2) is 22.0 Å². The number of hydrogen-bond donors (Lipinski definition) is 1.